The summed E-state index contributed by atoms with van der Waals surface area (Å²) in [4.78, 5) is 22.2. The van der Waals surface area contributed by atoms with Crippen molar-refractivity contribution in [3.8, 4) is 0 Å². The summed E-state index contributed by atoms with van der Waals surface area (Å²) < 4.78 is 5.34. The lowest BCUT2D eigenvalue weighted by Gasteiger charge is -2.18. The predicted octanol–water partition coefficient (Wildman–Crippen LogP) is 1.17. The predicted molar refractivity (Wildman–Crippen MR) is 62.6 cm³/mol. The monoisotopic (exact) mass is 243 g/mol. The zero-order valence-electron chi connectivity index (χ0n) is 10.4. The van der Waals surface area contributed by atoms with Crippen LogP contribution in [0.2, 0.25) is 0 Å². The number of carboxylic acids is 1. The fourth-order valence-corrected chi connectivity index (χ4v) is 2.06. The van der Waals surface area contributed by atoms with Gasteiger partial charge in [-0.15, -0.1) is 0 Å². The van der Waals surface area contributed by atoms with E-state index in [0.717, 1.165) is 6.42 Å². The molecule has 0 saturated carbocycles. The number of hydrogen-bond acceptors (Lipinski definition) is 3. The minimum absolute atomic E-state index is 0.0128. The SMILES string of the molecule is CC(CCCC(=O)O)NC(=O)C1CCOC1C. The number of ether oxygens (including phenoxy) is 1. The van der Waals surface area contributed by atoms with Gasteiger partial charge in [-0.2, -0.15) is 0 Å². The van der Waals surface area contributed by atoms with Gasteiger partial charge in [0, 0.05) is 19.1 Å². The number of aliphatic carboxylic acids is 1. The number of amides is 1. The lowest BCUT2D eigenvalue weighted by atomic mass is 10.0. The zero-order valence-corrected chi connectivity index (χ0v) is 10.4. The highest BCUT2D eigenvalue weighted by Gasteiger charge is 2.31. The molecule has 3 unspecified atom stereocenters. The van der Waals surface area contributed by atoms with Crippen molar-refractivity contribution in [1.29, 1.82) is 0 Å². The average Bonchev–Trinajstić information content (AvgIpc) is 2.63. The molecule has 0 bridgehead atoms. The Kier molecular flexibility index (Phi) is 5.41. The molecule has 1 heterocycles. The molecule has 1 saturated heterocycles. The van der Waals surface area contributed by atoms with Gasteiger partial charge in [0.1, 0.15) is 0 Å². The van der Waals surface area contributed by atoms with Gasteiger partial charge in [0.25, 0.3) is 0 Å². The van der Waals surface area contributed by atoms with Crippen LogP contribution in [0.1, 0.15) is 39.5 Å². The van der Waals surface area contributed by atoms with E-state index in [1.54, 1.807) is 0 Å². The fraction of sp³-hybridized carbons (Fsp3) is 0.833. The van der Waals surface area contributed by atoms with Crippen LogP contribution in [-0.2, 0) is 14.3 Å². The molecule has 0 aromatic heterocycles. The van der Waals surface area contributed by atoms with Crippen molar-refractivity contribution in [2.45, 2.75) is 51.7 Å². The third-order valence-electron chi connectivity index (χ3n) is 3.13. The van der Waals surface area contributed by atoms with Crippen LogP contribution in [-0.4, -0.2) is 35.7 Å². The second-order valence-electron chi connectivity index (χ2n) is 4.67. The quantitative estimate of drug-likeness (QED) is 0.734. The Labute approximate surface area is 102 Å². The van der Waals surface area contributed by atoms with E-state index in [2.05, 4.69) is 5.32 Å². The molecule has 98 valence electrons. The molecule has 0 aromatic rings. The van der Waals surface area contributed by atoms with Gasteiger partial charge < -0.3 is 15.2 Å². The molecule has 2 N–H and O–H groups in total. The van der Waals surface area contributed by atoms with E-state index in [1.165, 1.54) is 0 Å². The van der Waals surface area contributed by atoms with E-state index in [9.17, 15) is 9.59 Å². The van der Waals surface area contributed by atoms with Crippen LogP contribution in [0.15, 0.2) is 0 Å². The van der Waals surface area contributed by atoms with Crippen LogP contribution in [0, 0.1) is 5.92 Å². The van der Waals surface area contributed by atoms with Crippen LogP contribution in [0.4, 0.5) is 0 Å². The van der Waals surface area contributed by atoms with E-state index in [4.69, 9.17) is 9.84 Å². The molecule has 1 aliphatic rings. The molecule has 0 radical (unpaired) electrons. The van der Waals surface area contributed by atoms with Crippen molar-refractivity contribution < 1.29 is 19.4 Å². The summed E-state index contributed by atoms with van der Waals surface area (Å²) in [5, 5.41) is 11.4. The fourth-order valence-electron chi connectivity index (χ4n) is 2.06. The molecule has 5 heteroatoms. The average molecular weight is 243 g/mol. The number of carbonyl (C=O) groups excluding carboxylic acids is 1. The summed E-state index contributed by atoms with van der Waals surface area (Å²) in [5.41, 5.74) is 0. The Balaban J connectivity index is 2.23. The van der Waals surface area contributed by atoms with Crippen molar-refractivity contribution in [2.24, 2.45) is 5.92 Å². The molecule has 0 spiro atoms. The lowest BCUT2D eigenvalue weighted by Crippen LogP contribution is -2.39. The van der Waals surface area contributed by atoms with Crippen LogP contribution < -0.4 is 5.32 Å². The van der Waals surface area contributed by atoms with Gasteiger partial charge in [-0.05, 0) is 33.1 Å². The maximum atomic E-state index is 11.9. The number of carbonyl (C=O) groups is 2. The third kappa shape index (κ3) is 4.73. The van der Waals surface area contributed by atoms with Crippen LogP contribution >= 0.6 is 0 Å². The highest BCUT2D eigenvalue weighted by atomic mass is 16.5. The highest BCUT2D eigenvalue weighted by Crippen LogP contribution is 2.20. The molecule has 0 aliphatic carbocycles. The van der Waals surface area contributed by atoms with Crippen LogP contribution in [0.3, 0.4) is 0 Å². The first-order valence-corrected chi connectivity index (χ1v) is 6.14. The summed E-state index contributed by atoms with van der Waals surface area (Å²) >= 11 is 0. The molecule has 1 aliphatic heterocycles. The van der Waals surface area contributed by atoms with E-state index in [1.807, 2.05) is 13.8 Å². The topological polar surface area (TPSA) is 75.6 Å². The van der Waals surface area contributed by atoms with Crippen molar-refractivity contribution in [3.63, 3.8) is 0 Å². The Morgan fingerprint density at radius 1 is 1.53 bits per heavy atom. The van der Waals surface area contributed by atoms with Gasteiger partial charge in [-0.3, -0.25) is 9.59 Å². The van der Waals surface area contributed by atoms with E-state index in [-0.39, 0.29) is 30.4 Å². The van der Waals surface area contributed by atoms with Crippen molar-refractivity contribution in [3.05, 3.63) is 0 Å². The summed E-state index contributed by atoms with van der Waals surface area (Å²) in [5.74, 6) is -0.823. The minimum Gasteiger partial charge on any atom is -0.481 e. The maximum absolute atomic E-state index is 11.9. The molecule has 1 fully saturated rings. The molecular formula is C12H21NO4. The summed E-state index contributed by atoms with van der Waals surface area (Å²) in [6, 6.07) is 0.0228. The summed E-state index contributed by atoms with van der Waals surface area (Å²) in [7, 11) is 0. The zero-order chi connectivity index (χ0) is 12.8. The summed E-state index contributed by atoms with van der Waals surface area (Å²) in [6.45, 7) is 4.46. The summed E-state index contributed by atoms with van der Waals surface area (Å²) in [6.07, 6.45) is 2.20. The van der Waals surface area contributed by atoms with Crippen molar-refractivity contribution in [1.82, 2.24) is 5.32 Å². The lowest BCUT2D eigenvalue weighted by molar-refractivity contribution is -0.137. The minimum atomic E-state index is -0.790. The maximum Gasteiger partial charge on any atom is 0.303 e. The molecule has 5 nitrogen and oxygen atoms in total. The van der Waals surface area contributed by atoms with Gasteiger partial charge >= 0.3 is 5.97 Å². The molecule has 1 rings (SSSR count). The Morgan fingerprint density at radius 2 is 2.24 bits per heavy atom. The second kappa shape index (κ2) is 6.59. The van der Waals surface area contributed by atoms with Crippen LogP contribution in [0.25, 0.3) is 0 Å². The van der Waals surface area contributed by atoms with E-state index >= 15 is 0 Å². The van der Waals surface area contributed by atoms with Crippen LogP contribution in [0.5, 0.6) is 0 Å². The number of carboxylic acid groups (broad SMARTS) is 1. The van der Waals surface area contributed by atoms with Crippen molar-refractivity contribution in [2.75, 3.05) is 6.61 Å². The molecule has 1 amide bonds. The van der Waals surface area contributed by atoms with Crippen molar-refractivity contribution >= 4 is 11.9 Å². The first-order valence-electron chi connectivity index (χ1n) is 6.14. The standard InChI is InChI=1S/C12H21NO4/c1-8(4-3-5-11(14)15)13-12(16)10-6-7-17-9(10)2/h8-10H,3-7H2,1-2H3,(H,13,16)(H,14,15). The molecular weight excluding hydrogens is 222 g/mol. The Bertz CT molecular complexity index is 280. The van der Waals surface area contributed by atoms with Gasteiger partial charge in [0.2, 0.25) is 5.91 Å². The largest absolute Gasteiger partial charge is 0.481 e. The number of rotatable bonds is 6. The van der Waals surface area contributed by atoms with Gasteiger partial charge in [0.15, 0.2) is 0 Å². The molecule has 0 aromatic carbocycles. The Hall–Kier alpha value is -1.10. The van der Waals surface area contributed by atoms with Gasteiger partial charge in [-0.1, -0.05) is 0 Å². The van der Waals surface area contributed by atoms with Gasteiger partial charge in [0.05, 0.1) is 12.0 Å². The first-order chi connectivity index (χ1) is 8.00. The number of hydrogen-bond donors (Lipinski definition) is 2. The van der Waals surface area contributed by atoms with E-state index < -0.39 is 5.97 Å². The first kappa shape index (κ1) is 14.0. The third-order valence-corrected chi connectivity index (χ3v) is 3.13. The molecule has 3 atom stereocenters. The highest BCUT2D eigenvalue weighted by molar-refractivity contribution is 5.79. The Morgan fingerprint density at radius 3 is 2.76 bits per heavy atom. The molecule has 17 heavy (non-hydrogen) atoms. The normalized spacial score (nSPS) is 25.5. The van der Waals surface area contributed by atoms with E-state index in [0.29, 0.717) is 19.4 Å². The second-order valence-corrected chi connectivity index (χ2v) is 4.67. The number of nitrogens with one attached hydrogen (secondary N) is 1. The smallest absolute Gasteiger partial charge is 0.303 e. The van der Waals surface area contributed by atoms with Gasteiger partial charge in [-0.25, -0.2) is 0 Å².